The summed E-state index contributed by atoms with van der Waals surface area (Å²) in [5, 5.41) is 3.47. The molecule has 1 aliphatic heterocycles. The lowest BCUT2D eigenvalue weighted by Gasteiger charge is -2.49. The Morgan fingerprint density at radius 3 is 2.38 bits per heavy atom. The number of rotatable bonds is 3. The normalized spacial score (nSPS) is 39.4. The minimum Gasteiger partial charge on any atom is -0.317 e. The highest BCUT2D eigenvalue weighted by atomic mass is 15.2. The molecule has 1 saturated carbocycles. The highest BCUT2D eigenvalue weighted by molar-refractivity contribution is 4.92. The summed E-state index contributed by atoms with van der Waals surface area (Å²) < 4.78 is 0. The lowest BCUT2D eigenvalue weighted by molar-refractivity contribution is 0.0142. The van der Waals surface area contributed by atoms with Crippen LogP contribution >= 0.6 is 0 Å². The quantitative estimate of drug-likeness (QED) is 0.792. The number of piperidine rings is 1. The Hall–Kier alpha value is -0.0800. The smallest absolute Gasteiger partial charge is 0.0117 e. The first-order valence-electron chi connectivity index (χ1n) is 7.08. The number of likely N-dealkylation sites (tertiary alicyclic amines) is 1. The van der Waals surface area contributed by atoms with E-state index in [1.807, 2.05) is 0 Å². The molecule has 0 bridgehead atoms. The number of nitrogens with one attached hydrogen (secondary N) is 1. The molecular formula is C14H28N2. The van der Waals surface area contributed by atoms with Crippen molar-refractivity contribution in [3.05, 3.63) is 0 Å². The number of nitrogens with zero attached hydrogens (tertiary/aromatic N) is 1. The lowest BCUT2D eigenvalue weighted by Crippen LogP contribution is -2.57. The molecule has 4 unspecified atom stereocenters. The zero-order valence-corrected chi connectivity index (χ0v) is 11.4. The van der Waals surface area contributed by atoms with Crippen LogP contribution in [0.15, 0.2) is 0 Å². The summed E-state index contributed by atoms with van der Waals surface area (Å²) in [6.45, 7) is 8.57. The van der Waals surface area contributed by atoms with Crippen LogP contribution in [-0.4, -0.2) is 36.6 Å². The first-order chi connectivity index (χ1) is 7.65. The van der Waals surface area contributed by atoms with Crippen LogP contribution in [0.25, 0.3) is 0 Å². The monoisotopic (exact) mass is 224 g/mol. The van der Waals surface area contributed by atoms with Gasteiger partial charge in [-0.25, -0.2) is 0 Å². The Labute approximate surface area is 101 Å². The van der Waals surface area contributed by atoms with Gasteiger partial charge in [0.05, 0.1) is 0 Å². The summed E-state index contributed by atoms with van der Waals surface area (Å²) in [6.07, 6.45) is 5.72. The molecule has 2 rings (SSSR count). The largest absolute Gasteiger partial charge is 0.317 e. The van der Waals surface area contributed by atoms with Gasteiger partial charge in [0.2, 0.25) is 0 Å². The van der Waals surface area contributed by atoms with Crippen molar-refractivity contribution >= 4 is 0 Å². The molecule has 0 aromatic rings. The molecule has 1 saturated heterocycles. The van der Waals surface area contributed by atoms with Crippen molar-refractivity contribution in [1.29, 1.82) is 0 Å². The second kappa shape index (κ2) is 5.05. The third kappa shape index (κ3) is 2.14. The van der Waals surface area contributed by atoms with E-state index in [9.17, 15) is 0 Å². The standard InChI is InChI=1S/C14H28N2/c1-10-11(2)16(9-8-14(10)15-4)12(3)13-6-5-7-13/h10-15H,5-9H2,1-4H3. The Morgan fingerprint density at radius 1 is 1.19 bits per heavy atom. The molecule has 94 valence electrons. The van der Waals surface area contributed by atoms with E-state index in [2.05, 4.69) is 38.0 Å². The summed E-state index contributed by atoms with van der Waals surface area (Å²) in [7, 11) is 2.11. The Balaban J connectivity index is 1.95. The topological polar surface area (TPSA) is 15.3 Å². The maximum atomic E-state index is 3.47. The van der Waals surface area contributed by atoms with E-state index < -0.39 is 0 Å². The highest BCUT2D eigenvalue weighted by Crippen LogP contribution is 2.35. The summed E-state index contributed by atoms with van der Waals surface area (Å²) >= 11 is 0. The molecule has 2 aliphatic rings. The van der Waals surface area contributed by atoms with Gasteiger partial charge < -0.3 is 5.32 Å². The van der Waals surface area contributed by atoms with Gasteiger partial charge in [0, 0.05) is 24.7 Å². The Bertz CT molecular complexity index is 225. The maximum Gasteiger partial charge on any atom is 0.0117 e. The van der Waals surface area contributed by atoms with Crippen LogP contribution in [0.5, 0.6) is 0 Å². The predicted octanol–water partition coefficient (Wildman–Crippen LogP) is 2.49. The molecule has 2 nitrogen and oxygen atoms in total. The van der Waals surface area contributed by atoms with Crippen molar-refractivity contribution in [2.45, 2.75) is 64.6 Å². The van der Waals surface area contributed by atoms with Gasteiger partial charge in [0.25, 0.3) is 0 Å². The van der Waals surface area contributed by atoms with Crippen LogP contribution in [0.2, 0.25) is 0 Å². The van der Waals surface area contributed by atoms with E-state index in [0.717, 1.165) is 30.0 Å². The molecule has 0 aromatic carbocycles. The van der Waals surface area contributed by atoms with Crippen molar-refractivity contribution in [3.63, 3.8) is 0 Å². The van der Waals surface area contributed by atoms with Crippen molar-refractivity contribution < 1.29 is 0 Å². The van der Waals surface area contributed by atoms with Crippen molar-refractivity contribution in [2.75, 3.05) is 13.6 Å². The molecule has 1 heterocycles. The van der Waals surface area contributed by atoms with Crippen molar-refractivity contribution in [2.24, 2.45) is 11.8 Å². The average Bonchev–Trinajstić information content (AvgIpc) is 2.19. The van der Waals surface area contributed by atoms with E-state index in [1.54, 1.807) is 0 Å². The fraction of sp³-hybridized carbons (Fsp3) is 1.00. The van der Waals surface area contributed by atoms with E-state index in [-0.39, 0.29) is 0 Å². The van der Waals surface area contributed by atoms with Gasteiger partial charge in [-0.1, -0.05) is 13.3 Å². The van der Waals surface area contributed by atoms with Gasteiger partial charge in [-0.2, -0.15) is 0 Å². The van der Waals surface area contributed by atoms with Crippen LogP contribution in [0.1, 0.15) is 46.5 Å². The van der Waals surface area contributed by atoms with Crippen LogP contribution in [0.4, 0.5) is 0 Å². The van der Waals surface area contributed by atoms with Crippen LogP contribution in [0.3, 0.4) is 0 Å². The molecule has 1 aliphatic carbocycles. The lowest BCUT2D eigenvalue weighted by atomic mass is 9.77. The highest BCUT2D eigenvalue weighted by Gasteiger charge is 2.37. The van der Waals surface area contributed by atoms with E-state index in [0.29, 0.717) is 0 Å². The summed E-state index contributed by atoms with van der Waals surface area (Å²) in [5.74, 6) is 1.77. The second-order valence-electron chi connectivity index (χ2n) is 5.95. The van der Waals surface area contributed by atoms with E-state index in [1.165, 1.54) is 32.2 Å². The maximum absolute atomic E-state index is 3.47. The fourth-order valence-electron chi connectivity index (χ4n) is 3.57. The van der Waals surface area contributed by atoms with Gasteiger partial charge in [-0.05, 0) is 52.0 Å². The molecule has 0 radical (unpaired) electrons. The first kappa shape index (κ1) is 12.4. The number of hydrogen-bond donors (Lipinski definition) is 1. The molecule has 0 spiro atoms. The van der Waals surface area contributed by atoms with Crippen LogP contribution in [0, 0.1) is 11.8 Å². The van der Waals surface area contributed by atoms with Crippen LogP contribution in [-0.2, 0) is 0 Å². The van der Waals surface area contributed by atoms with Crippen molar-refractivity contribution in [3.8, 4) is 0 Å². The van der Waals surface area contributed by atoms with Gasteiger partial charge in [-0.3, -0.25) is 4.90 Å². The van der Waals surface area contributed by atoms with Gasteiger partial charge in [0.1, 0.15) is 0 Å². The fourth-order valence-corrected chi connectivity index (χ4v) is 3.57. The van der Waals surface area contributed by atoms with E-state index in [4.69, 9.17) is 0 Å². The molecule has 1 N–H and O–H groups in total. The Morgan fingerprint density at radius 2 is 1.88 bits per heavy atom. The van der Waals surface area contributed by atoms with E-state index >= 15 is 0 Å². The predicted molar refractivity (Wildman–Crippen MR) is 69.6 cm³/mol. The molecular weight excluding hydrogens is 196 g/mol. The average molecular weight is 224 g/mol. The molecule has 16 heavy (non-hydrogen) atoms. The zero-order chi connectivity index (χ0) is 11.7. The third-order valence-corrected chi connectivity index (χ3v) is 5.34. The summed E-state index contributed by atoms with van der Waals surface area (Å²) in [4.78, 5) is 2.77. The minimum absolute atomic E-state index is 0.722. The van der Waals surface area contributed by atoms with Gasteiger partial charge in [0.15, 0.2) is 0 Å². The zero-order valence-electron chi connectivity index (χ0n) is 11.4. The molecule has 4 atom stereocenters. The number of hydrogen-bond acceptors (Lipinski definition) is 2. The molecule has 0 aromatic heterocycles. The van der Waals surface area contributed by atoms with Crippen LogP contribution < -0.4 is 5.32 Å². The molecule has 2 heteroatoms. The molecule has 2 fully saturated rings. The summed E-state index contributed by atoms with van der Waals surface area (Å²) in [6, 6.07) is 2.27. The second-order valence-corrected chi connectivity index (χ2v) is 5.95. The molecule has 0 amide bonds. The van der Waals surface area contributed by atoms with Gasteiger partial charge in [-0.15, -0.1) is 0 Å². The first-order valence-corrected chi connectivity index (χ1v) is 7.08. The SMILES string of the molecule is CNC1CCN(C(C)C2CCC2)C(C)C1C. The summed E-state index contributed by atoms with van der Waals surface area (Å²) in [5.41, 5.74) is 0. The van der Waals surface area contributed by atoms with Crippen molar-refractivity contribution in [1.82, 2.24) is 10.2 Å². The Kier molecular flexibility index (Phi) is 3.91. The minimum atomic E-state index is 0.722. The van der Waals surface area contributed by atoms with Gasteiger partial charge >= 0.3 is 0 Å². The third-order valence-electron chi connectivity index (χ3n) is 5.34.